The summed E-state index contributed by atoms with van der Waals surface area (Å²) in [4.78, 5) is 25.7. The molecule has 0 aliphatic heterocycles. The highest BCUT2D eigenvalue weighted by Crippen LogP contribution is 2.33. The summed E-state index contributed by atoms with van der Waals surface area (Å²) in [6, 6.07) is 4.25. The van der Waals surface area contributed by atoms with E-state index in [1.807, 2.05) is 6.07 Å². The molecule has 0 aromatic rings. The van der Waals surface area contributed by atoms with Crippen molar-refractivity contribution in [3.05, 3.63) is 0 Å². The molecule has 0 spiro atoms. The molecule has 0 aliphatic carbocycles. The average Bonchev–Trinajstić information content (AvgIpc) is 2.86. The van der Waals surface area contributed by atoms with Crippen LogP contribution in [0.25, 0.3) is 0 Å². The van der Waals surface area contributed by atoms with Gasteiger partial charge >= 0.3 is 11.9 Å². The van der Waals surface area contributed by atoms with E-state index in [0.29, 0.717) is 19.3 Å². The summed E-state index contributed by atoms with van der Waals surface area (Å²) < 4.78 is 5.21. The Hall–Kier alpha value is -1.88. The second kappa shape index (κ2) is 22.6. The highest BCUT2D eigenvalue weighted by atomic mass is 16.6. The molecule has 0 bridgehead atoms. The minimum Gasteiger partial charge on any atom is -0.391 e. The maximum atomic E-state index is 13.1. The van der Waals surface area contributed by atoms with Gasteiger partial charge in [-0.15, -0.1) is 0 Å². The Morgan fingerprint density at radius 2 is 1.06 bits per heavy atom. The van der Waals surface area contributed by atoms with Crippen LogP contribution in [0.4, 0.5) is 0 Å². The van der Waals surface area contributed by atoms with Crippen molar-refractivity contribution >= 4 is 11.9 Å². The van der Waals surface area contributed by atoms with Gasteiger partial charge in [0.1, 0.15) is 5.92 Å². The van der Waals surface area contributed by atoms with Crippen molar-refractivity contribution in [1.29, 1.82) is 10.5 Å². The average molecular weight is 489 g/mol. The zero-order valence-electron chi connectivity index (χ0n) is 23.0. The number of ether oxygens (including phenoxy) is 1. The van der Waals surface area contributed by atoms with E-state index in [1.165, 1.54) is 51.4 Å². The van der Waals surface area contributed by atoms with Gasteiger partial charge in [0.05, 0.1) is 12.1 Å². The SMILES string of the molecule is CCCCCCCCCCC(C#N)(CCCCCCCC)C(=O)OC(=O)C(C#N)CCCCCC. The van der Waals surface area contributed by atoms with Gasteiger partial charge < -0.3 is 4.74 Å². The molecule has 5 nitrogen and oxygen atoms in total. The largest absolute Gasteiger partial charge is 0.391 e. The number of nitrogens with zero attached hydrogens (tertiary/aromatic N) is 2. The summed E-state index contributed by atoms with van der Waals surface area (Å²) in [7, 11) is 0. The molecule has 0 radical (unpaired) electrons. The number of esters is 2. The van der Waals surface area contributed by atoms with Gasteiger partial charge in [-0.25, -0.2) is 4.79 Å². The lowest BCUT2D eigenvalue weighted by Gasteiger charge is -2.24. The van der Waals surface area contributed by atoms with Crippen LogP contribution in [0.5, 0.6) is 0 Å². The fraction of sp³-hybridized carbons (Fsp3) is 0.867. The van der Waals surface area contributed by atoms with Gasteiger partial charge in [-0.05, 0) is 19.3 Å². The first-order valence-electron chi connectivity index (χ1n) is 14.6. The Bertz CT molecular complexity index is 634. The van der Waals surface area contributed by atoms with Crippen LogP contribution < -0.4 is 0 Å². The zero-order valence-corrected chi connectivity index (χ0v) is 23.0. The van der Waals surface area contributed by atoms with Crippen LogP contribution in [-0.4, -0.2) is 11.9 Å². The van der Waals surface area contributed by atoms with E-state index < -0.39 is 23.3 Å². The molecular weight excluding hydrogens is 436 g/mol. The van der Waals surface area contributed by atoms with E-state index in [9.17, 15) is 20.1 Å². The first-order chi connectivity index (χ1) is 17.0. The normalized spacial score (nSPS) is 13.4. The highest BCUT2D eigenvalue weighted by molar-refractivity contribution is 5.92. The number of carbonyl (C=O) groups is 2. The number of hydrogen-bond donors (Lipinski definition) is 0. The molecule has 0 fully saturated rings. The van der Waals surface area contributed by atoms with Gasteiger partial charge in [0.15, 0.2) is 5.41 Å². The van der Waals surface area contributed by atoms with E-state index >= 15 is 0 Å². The quantitative estimate of drug-likeness (QED) is 0.0813. The monoisotopic (exact) mass is 488 g/mol. The molecule has 0 amide bonds. The van der Waals surface area contributed by atoms with Crippen molar-refractivity contribution in [2.24, 2.45) is 11.3 Å². The first kappa shape index (κ1) is 33.1. The molecule has 35 heavy (non-hydrogen) atoms. The van der Waals surface area contributed by atoms with Gasteiger partial charge in [-0.1, -0.05) is 136 Å². The number of unbranched alkanes of at least 4 members (excludes halogenated alkanes) is 15. The van der Waals surface area contributed by atoms with Crippen LogP contribution in [0.1, 0.15) is 156 Å². The number of nitriles is 2. The first-order valence-corrected chi connectivity index (χ1v) is 14.6. The standard InChI is InChI=1S/C30H52N2O3/c1-4-7-10-13-15-16-18-21-24-30(26-32,23-20-17-14-11-8-5-2)29(34)35-28(33)27(25-31)22-19-12-9-6-3/h27H,4-24H2,1-3H3. The van der Waals surface area contributed by atoms with E-state index in [-0.39, 0.29) is 0 Å². The molecule has 0 aliphatic rings. The zero-order chi connectivity index (χ0) is 26.2. The third kappa shape index (κ3) is 15.7. The second-order valence-electron chi connectivity index (χ2n) is 10.2. The Kier molecular flexibility index (Phi) is 21.4. The van der Waals surface area contributed by atoms with Crippen molar-refractivity contribution < 1.29 is 14.3 Å². The fourth-order valence-corrected chi connectivity index (χ4v) is 4.52. The molecule has 0 N–H and O–H groups in total. The van der Waals surface area contributed by atoms with Crippen molar-refractivity contribution in [2.75, 3.05) is 0 Å². The van der Waals surface area contributed by atoms with Crippen molar-refractivity contribution in [3.63, 3.8) is 0 Å². The Morgan fingerprint density at radius 3 is 1.46 bits per heavy atom. The van der Waals surface area contributed by atoms with Crippen molar-refractivity contribution in [3.8, 4) is 12.1 Å². The molecule has 0 aromatic heterocycles. The predicted octanol–water partition coefficient (Wildman–Crippen LogP) is 8.96. The Morgan fingerprint density at radius 1 is 0.657 bits per heavy atom. The van der Waals surface area contributed by atoms with E-state index in [0.717, 1.165) is 64.2 Å². The van der Waals surface area contributed by atoms with Crippen LogP contribution in [0, 0.1) is 34.0 Å². The highest BCUT2D eigenvalue weighted by Gasteiger charge is 2.41. The summed E-state index contributed by atoms with van der Waals surface area (Å²) in [6.07, 6.45) is 20.5. The predicted molar refractivity (Wildman–Crippen MR) is 142 cm³/mol. The molecule has 0 heterocycles. The van der Waals surface area contributed by atoms with E-state index in [4.69, 9.17) is 4.74 Å². The number of rotatable bonds is 23. The topological polar surface area (TPSA) is 90.9 Å². The fourth-order valence-electron chi connectivity index (χ4n) is 4.52. The Labute approximate surface area is 216 Å². The van der Waals surface area contributed by atoms with Gasteiger partial charge in [0, 0.05) is 0 Å². The lowest BCUT2D eigenvalue weighted by Crippen LogP contribution is -2.35. The molecule has 200 valence electrons. The lowest BCUT2D eigenvalue weighted by atomic mass is 9.79. The third-order valence-electron chi connectivity index (χ3n) is 7.00. The van der Waals surface area contributed by atoms with Gasteiger partial charge in [0.2, 0.25) is 0 Å². The third-order valence-corrected chi connectivity index (χ3v) is 7.00. The summed E-state index contributed by atoms with van der Waals surface area (Å²) in [5, 5.41) is 19.5. The van der Waals surface area contributed by atoms with Gasteiger partial charge in [-0.2, -0.15) is 10.5 Å². The maximum Gasteiger partial charge on any atom is 0.334 e. The van der Waals surface area contributed by atoms with Crippen molar-refractivity contribution in [2.45, 2.75) is 156 Å². The molecule has 0 aromatic carbocycles. The van der Waals surface area contributed by atoms with Crippen LogP contribution >= 0.6 is 0 Å². The second-order valence-corrected chi connectivity index (χ2v) is 10.2. The van der Waals surface area contributed by atoms with Crippen LogP contribution in [-0.2, 0) is 14.3 Å². The van der Waals surface area contributed by atoms with E-state index in [2.05, 4.69) is 26.8 Å². The minimum atomic E-state index is -1.29. The van der Waals surface area contributed by atoms with Crippen molar-refractivity contribution in [1.82, 2.24) is 0 Å². The summed E-state index contributed by atoms with van der Waals surface area (Å²) in [5.74, 6) is -2.47. The minimum absolute atomic E-state index is 0.400. The van der Waals surface area contributed by atoms with Crippen LogP contribution in [0.3, 0.4) is 0 Å². The molecule has 5 heteroatoms. The smallest absolute Gasteiger partial charge is 0.334 e. The van der Waals surface area contributed by atoms with Crippen LogP contribution in [0.2, 0.25) is 0 Å². The molecule has 0 saturated heterocycles. The number of carbonyl (C=O) groups excluding carboxylic acids is 2. The van der Waals surface area contributed by atoms with Gasteiger partial charge in [-0.3, -0.25) is 4.79 Å². The molecule has 2 unspecified atom stereocenters. The lowest BCUT2D eigenvalue weighted by molar-refractivity contribution is -0.167. The number of hydrogen-bond acceptors (Lipinski definition) is 5. The molecular formula is C30H52N2O3. The molecule has 0 rings (SSSR count). The van der Waals surface area contributed by atoms with Crippen LogP contribution in [0.15, 0.2) is 0 Å². The molecule has 2 atom stereocenters. The summed E-state index contributed by atoms with van der Waals surface area (Å²) >= 11 is 0. The maximum absolute atomic E-state index is 13.1. The summed E-state index contributed by atoms with van der Waals surface area (Å²) in [6.45, 7) is 6.49. The molecule has 0 saturated carbocycles. The van der Waals surface area contributed by atoms with E-state index in [1.54, 1.807) is 0 Å². The Balaban J connectivity index is 4.96. The van der Waals surface area contributed by atoms with Gasteiger partial charge in [0.25, 0.3) is 0 Å². The summed E-state index contributed by atoms with van der Waals surface area (Å²) in [5.41, 5.74) is -1.29.